The van der Waals surface area contributed by atoms with Crippen LogP contribution in [0.5, 0.6) is 0 Å². The van der Waals surface area contributed by atoms with Crippen LogP contribution < -0.4 is 0 Å². The van der Waals surface area contributed by atoms with Gasteiger partial charge in [-0.05, 0) is 0 Å². The molecule has 2 fully saturated rings. The normalized spacial score (nSPS) is 30.6. The van der Waals surface area contributed by atoms with E-state index in [9.17, 15) is 14.9 Å². The van der Waals surface area contributed by atoms with Gasteiger partial charge in [0, 0.05) is 28.2 Å². The molecule has 8 nitrogen and oxygen atoms in total. The Morgan fingerprint density at radius 3 is 1.82 bits per heavy atom. The van der Waals surface area contributed by atoms with E-state index in [1.54, 1.807) is 47.8 Å². The van der Waals surface area contributed by atoms with Crippen molar-refractivity contribution in [1.82, 2.24) is 19.6 Å². The summed E-state index contributed by atoms with van der Waals surface area (Å²) in [6.45, 7) is 0. The smallest absolute Gasteiger partial charge is 0.323 e. The Kier molecular flexibility index (Phi) is 2.37. The fraction of sp³-hybridized carbons (Fsp3) is 0.667. The summed E-state index contributed by atoms with van der Waals surface area (Å²) in [5.74, 6) is 0.496. The van der Waals surface area contributed by atoms with E-state index in [1.807, 2.05) is 0 Å². The predicted octanol–water partition coefficient (Wildman–Crippen LogP) is -0.411. The monoisotopic (exact) mass is 241 g/mol. The molecule has 0 bridgehead atoms. The number of likely N-dealkylation sites (N-methyl/N-ethyl adjacent to an activating group) is 4. The molecule has 17 heavy (non-hydrogen) atoms. The maximum atomic E-state index is 11.8. The molecule has 2 heterocycles. The van der Waals surface area contributed by atoms with Crippen molar-refractivity contribution >= 4 is 6.03 Å². The summed E-state index contributed by atoms with van der Waals surface area (Å²) in [5.41, 5.74) is 0. The first-order valence-corrected chi connectivity index (χ1v) is 5.17. The van der Waals surface area contributed by atoms with Gasteiger partial charge in [-0.15, -0.1) is 0 Å². The van der Waals surface area contributed by atoms with Gasteiger partial charge in [-0.1, -0.05) is 0 Å². The first-order valence-electron chi connectivity index (χ1n) is 5.17. The van der Waals surface area contributed by atoms with Gasteiger partial charge in [0.2, 0.25) is 0 Å². The standard InChI is InChI=1S/C9H15N5O3/c1-10-6(5-14(16)17)11(2)8-7(10)12(3)9(15)13(8)4/h5,7-8H,1-4H3/t7-,8+. The van der Waals surface area contributed by atoms with Gasteiger partial charge < -0.3 is 19.6 Å². The number of fused-ring (bicyclic) bond motifs is 1. The van der Waals surface area contributed by atoms with Gasteiger partial charge >= 0.3 is 6.03 Å². The van der Waals surface area contributed by atoms with Gasteiger partial charge in [0.05, 0.1) is 4.92 Å². The van der Waals surface area contributed by atoms with Crippen LogP contribution in [0.3, 0.4) is 0 Å². The maximum absolute atomic E-state index is 11.8. The van der Waals surface area contributed by atoms with E-state index < -0.39 is 4.92 Å². The lowest BCUT2D eigenvalue weighted by Gasteiger charge is -2.25. The Hall–Kier alpha value is -1.99. The molecule has 0 radical (unpaired) electrons. The molecule has 2 aliphatic rings. The molecule has 0 aromatic rings. The molecule has 2 atom stereocenters. The predicted molar refractivity (Wildman–Crippen MR) is 59.1 cm³/mol. The van der Waals surface area contributed by atoms with Crippen LogP contribution in [0.1, 0.15) is 0 Å². The Balaban J connectivity index is 2.39. The van der Waals surface area contributed by atoms with E-state index in [1.165, 1.54) is 0 Å². The number of urea groups is 1. The number of amides is 2. The number of nitrogens with zero attached hydrogens (tertiary/aromatic N) is 5. The van der Waals surface area contributed by atoms with E-state index in [2.05, 4.69) is 0 Å². The second kappa shape index (κ2) is 3.51. The highest BCUT2D eigenvalue weighted by Crippen LogP contribution is 2.35. The molecule has 0 aromatic heterocycles. The Morgan fingerprint density at radius 2 is 1.47 bits per heavy atom. The molecule has 2 aliphatic heterocycles. The van der Waals surface area contributed by atoms with Crippen LogP contribution in [0.2, 0.25) is 0 Å². The summed E-state index contributed by atoms with van der Waals surface area (Å²) in [4.78, 5) is 28.5. The molecule has 0 saturated carbocycles. The zero-order chi connectivity index (χ0) is 12.9. The van der Waals surface area contributed by atoms with E-state index in [4.69, 9.17) is 0 Å². The SMILES string of the molecule is CN1C(=O)N(C)[C@@H]2[C@H]1N(C)C(=C[N+](=O)[O-])N2C. The molecule has 94 valence electrons. The second-order valence-electron chi connectivity index (χ2n) is 4.33. The number of rotatable bonds is 1. The third-order valence-corrected chi connectivity index (χ3v) is 3.40. The molecular weight excluding hydrogens is 226 g/mol. The zero-order valence-corrected chi connectivity index (χ0v) is 10.2. The van der Waals surface area contributed by atoms with Crippen LogP contribution in [-0.4, -0.2) is 71.1 Å². The molecule has 0 aliphatic carbocycles. The van der Waals surface area contributed by atoms with E-state index in [0.29, 0.717) is 5.82 Å². The van der Waals surface area contributed by atoms with Crippen molar-refractivity contribution in [1.29, 1.82) is 0 Å². The van der Waals surface area contributed by atoms with Crippen LogP contribution in [0.4, 0.5) is 4.79 Å². The van der Waals surface area contributed by atoms with Crippen molar-refractivity contribution in [2.75, 3.05) is 28.2 Å². The minimum Gasteiger partial charge on any atom is -0.332 e. The summed E-state index contributed by atoms with van der Waals surface area (Å²) in [6, 6.07) is -0.0844. The number of carbonyl (C=O) groups excluding carboxylic acids is 1. The Bertz CT molecular complexity index is 383. The van der Waals surface area contributed by atoms with Crippen molar-refractivity contribution in [3.8, 4) is 0 Å². The highest BCUT2D eigenvalue weighted by Gasteiger charge is 2.53. The fourth-order valence-electron chi connectivity index (χ4n) is 2.59. The van der Waals surface area contributed by atoms with Crippen LogP contribution >= 0.6 is 0 Å². The summed E-state index contributed by atoms with van der Waals surface area (Å²) in [7, 11) is 6.89. The minimum absolute atomic E-state index is 0.0844. The lowest BCUT2D eigenvalue weighted by molar-refractivity contribution is -0.405. The summed E-state index contributed by atoms with van der Waals surface area (Å²) in [6.07, 6.45) is 0.581. The second-order valence-corrected chi connectivity index (χ2v) is 4.33. The molecule has 0 unspecified atom stereocenters. The molecule has 8 heteroatoms. The van der Waals surface area contributed by atoms with Gasteiger partial charge in [-0.2, -0.15) is 0 Å². The molecule has 2 saturated heterocycles. The highest BCUT2D eigenvalue weighted by atomic mass is 16.6. The van der Waals surface area contributed by atoms with Crippen molar-refractivity contribution in [2.24, 2.45) is 0 Å². The molecule has 0 N–H and O–H groups in total. The average Bonchev–Trinajstić information content (AvgIpc) is 2.61. The zero-order valence-electron chi connectivity index (χ0n) is 10.2. The van der Waals surface area contributed by atoms with Gasteiger partial charge in [-0.25, -0.2) is 4.79 Å². The van der Waals surface area contributed by atoms with Crippen LogP contribution in [0.15, 0.2) is 12.0 Å². The third-order valence-electron chi connectivity index (χ3n) is 3.40. The number of nitro groups is 1. The first-order chi connectivity index (χ1) is 7.86. The van der Waals surface area contributed by atoms with Crippen LogP contribution in [0.25, 0.3) is 0 Å². The van der Waals surface area contributed by atoms with Crippen molar-refractivity contribution in [2.45, 2.75) is 12.3 Å². The van der Waals surface area contributed by atoms with E-state index >= 15 is 0 Å². The van der Waals surface area contributed by atoms with E-state index in [-0.39, 0.29) is 18.4 Å². The molecule has 2 amide bonds. The van der Waals surface area contributed by atoms with Gasteiger partial charge in [0.15, 0.2) is 5.82 Å². The average molecular weight is 241 g/mol. The first kappa shape index (κ1) is 11.5. The summed E-state index contributed by atoms with van der Waals surface area (Å²) in [5, 5.41) is 10.6. The molecule has 0 spiro atoms. The van der Waals surface area contributed by atoms with Crippen molar-refractivity contribution in [3.63, 3.8) is 0 Å². The van der Waals surface area contributed by atoms with Crippen molar-refractivity contribution < 1.29 is 9.72 Å². The Morgan fingerprint density at radius 1 is 1.06 bits per heavy atom. The van der Waals surface area contributed by atoms with Gasteiger partial charge in [0.1, 0.15) is 12.3 Å². The van der Waals surface area contributed by atoms with Gasteiger partial charge in [0.25, 0.3) is 6.20 Å². The lowest BCUT2D eigenvalue weighted by atomic mass is 10.4. The van der Waals surface area contributed by atoms with E-state index in [0.717, 1.165) is 6.20 Å². The minimum atomic E-state index is -0.481. The third kappa shape index (κ3) is 1.40. The topological polar surface area (TPSA) is 73.2 Å². The summed E-state index contributed by atoms with van der Waals surface area (Å²) >= 11 is 0. The summed E-state index contributed by atoms with van der Waals surface area (Å²) < 4.78 is 0. The fourth-order valence-corrected chi connectivity index (χ4v) is 2.59. The number of hydrogen-bond donors (Lipinski definition) is 0. The Labute approximate surface area is 98.8 Å². The maximum Gasteiger partial charge on any atom is 0.323 e. The quantitative estimate of drug-likeness (QED) is 0.461. The van der Waals surface area contributed by atoms with Crippen LogP contribution in [-0.2, 0) is 0 Å². The number of carbonyl (C=O) groups is 1. The van der Waals surface area contributed by atoms with Crippen LogP contribution in [0, 0.1) is 10.1 Å². The largest absolute Gasteiger partial charge is 0.332 e. The van der Waals surface area contributed by atoms with Crippen molar-refractivity contribution in [3.05, 3.63) is 22.1 Å². The highest BCUT2D eigenvalue weighted by molar-refractivity contribution is 5.77. The lowest BCUT2D eigenvalue weighted by Crippen LogP contribution is -2.42. The van der Waals surface area contributed by atoms with Gasteiger partial charge in [-0.3, -0.25) is 10.1 Å². The number of hydrogen-bond acceptors (Lipinski definition) is 5. The molecule has 2 rings (SSSR count). The molecular formula is C9H15N5O3. The molecule has 0 aromatic carbocycles.